The number of carbonyl (C=O) groups excluding carboxylic acids is 1. The number of aromatic nitrogens is 2. The first-order chi connectivity index (χ1) is 17.9. The molecule has 0 aliphatic carbocycles. The Morgan fingerprint density at radius 3 is 2.76 bits per heavy atom. The molecule has 3 aromatic rings. The van der Waals surface area contributed by atoms with Crippen LogP contribution in [-0.2, 0) is 6.54 Å². The summed E-state index contributed by atoms with van der Waals surface area (Å²) in [6, 6.07) is 13.3. The van der Waals surface area contributed by atoms with Crippen LogP contribution in [0.3, 0.4) is 0 Å². The Kier molecular flexibility index (Phi) is 8.15. The van der Waals surface area contributed by atoms with E-state index in [0.29, 0.717) is 34.6 Å². The van der Waals surface area contributed by atoms with Gasteiger partial charge in [-0.3, -0.25) is 9.69 Å². The Hall–Kier alpha value is -4.24. The van der Waals surface area contributed by atoms with Gasteiger partial charge in [0.25, 0.3) is 5.91 Å². The quantitative estimate of drug-likeness (QED) is 0.458. The number of terminal acetylenes is 2. The highest BCUT2D eigenvalue weighted by Crippen LogP contribution is 2.30. The second kappa shape index (κ2) is 11.7. The van der Waals surface area contributed by atoms with Gasteiger partial charge < -0.3 is 20.4 Å². The lowest BCUT2D eigenvalue weighted by atomic mass is 10.1. The van der Waals surface area contributed by atoms with Gasteiger partial charge in [-0.15, -0.1) is 12.8 Å². The van der Waals surface area contributed by atoms with Crippen molar-refractivity contribution in [2.24, 2.45) is 0 Å². The van der Waals surface area contributed by atoms with Crippen molar-refractivity contribution >= 4 is 46.3 Å². The molecule has 0 atom stereocenters. The Labute approximate surface area is 222 Å². The van der Waals surface area contributed by atoms with E-state index in [0.717, 1.165) is 31.0 Å². The number of hydrogen-bond donors (Lipinski definition) is 2. The van der Waals surface area contributed by atoms with Gasteiger partial charge in [-0.05, 0) is 29.8 Å². The molecule has 2 aromatic carbocycles. The molecule has 2 N–H and O–H groups in total. The third-order valence-corrected chi connectivity index (χ3v) is 6.32. The summed E-state index contributed by atoms with van der Waals surface area (Å²) in [5.74, 6) is 5.75. The molecule has 188 valence electrons. The lowest BCUT2D eigenvalue weighted by molar-refractivity contribution is 0.0813. The van der Waals surface area contributed by atoms with Crippen molar-refractivity contribution in [3.63, 3.8) is 0 Å². The van der Waals surface area contributed by atoms with Crippen molar-refractivity contribution in [3.05, 3.63) is 64.8 Å². The van der Waals surface area contributed by atoms with E-state index in [1.54, 1.807) is 25.2 Å². The third kappa shape index (κ3) is 6.13. The van der Waals surface area contributed by atoms with Gasteiger partial charge in [-0.1, -0.05) is 41.6 Å². The zero-order chi connectivity index (χ0) is 26.4. The molecule has 0 saturated heterocycles. The summed E-state index contributed by atoms with van der Waals surface area (Å²) >= 11 is 6.40. The average Bonchev–Trinajstić information content (AvgIpc) is 3.05. The van der Waals surface area contributed by atoms with E-state index in [9.17, 15) is 4.79 Å². The second-order valence-electron chi connectivity index (χ2n) is 8.73. The van der Waals surface area contributed by atoms with E-state index in [1.807, 2.05) is 12.1 Å². The summed E-state index contributed by atoms with van der Waals surface area (Å²) in [7, 11) is 3.73. The number of nitrogens with one attached hydrogen (secondary N) is 2. The number of para-hydroxylation sites is 1. The van der Waals surface area contributed by atoms with Gasteiger partial charge in [0.1, 0.15) is 5.02 Å². The van der Waals surface area contributed by atoms with Crippen LogP contribution in [0.5, 0.6) is 0 Å². The first-order valence-electron chi connectivity index (χ1n) is 11.7. The van der Waals surface area contributed by atoms with Crippen molar-refractivity contribution in [2.75, 3.05) is 55.8 Å². The number of nitrogens with zero attached hydrogens (tertiary/aromatic N) is 5. The van der Waals surface area contributed by atoms with Crippen LogP contribution in [0.1, 0.15) is 15.9 Å². The monoisotopic (exact) mass is 513 g/mol. The normalized spacial score (nSPS) is 13.1. The summed E-state index contributed by atoms with van der Waals surface area (Å²) in [6.07, 6.45) is 12.4. The number of amides is 1. The minimum Gasteiger partial charge on any atom is -0.373 e. The molecule has 4 rings (SSSR count). The fourth-order valence-electron chi connectivity index (χ4n) is 4.09. The molecule has 8 nitrogen and oxygen atoms in total. The smallest absolute Gasteiger partial charge is 0.256 e. The van der Waals surface area contributed by atoms with Crippen molar-refractivity contribution in [1.82, 2.24) is 19.8 Å². The van der Waals surface area contributed by atoms with Crippen molar-refractivity contribution in [3.8, 4) is 24.7 Å². The molecule has 0 saturated carbocycles. The summed E-state index contributed by atoms with van der Waals surface area (Å²) in [6.45, 7) is 3.39. The van der Waals surface area contributed by atoms with Gasteiger partial charge in [0.2, 0.25) is 5.95 Å². The minimum absolute atomic E-state index is 0.202. The molecule has 0 fully saturated rings. The van der Waals surface area contributed by atoms with Gasteiger partial charge in [-0.25, -0.2) is 4.98 Å². The standard InChI is InChI=1S/C28H28ClN7O/c1-5-13-35(4)27(37)22-9-7-8-10-24(22)32-26-23(29)18-30-28(33-26)31-21-12-11-20-19-36(14-6-2)16-15-34(3)25(20)17-21/h1-2,7-12,17-18H,13-16,19H2,3-4H3,(H2,30,31,32,33). The van der Waals surface area contributed by atoms with Crippen LogP contribution in [0.4, 0.5) is 28.8 Å². The topological polar surface area (TPSA) is 76.6 Å². The molecule has 1 aliphatic rings. The summed E-state index contributed by atoms with van der Waals surface area (Å²) in [4.78, 5) is 27.7. The lowest BCUT2D eigenvalue weighted by Gasteiger charge is -2.20. The van der Waals surface area contributed by atoms with Crippen LogP contribution in [0.2, 0.25) is 5.02 Å². The van der Waals surface area contributed by atoms with Crippen molar-refractivity contribution in [1.29, 1.82) is 0 Å². The predicted octanol–water partition coefficient (Wildman–Crippen LogP) is 4.21. The van der Waals surface area contributed by atoms with Gasteiger partial charge in [0, 0.05) is 45.1 Å². The molecule has 1 aliphatic heterocycles. The molecule has 0 bridgehead atoms. The maximum absolute atomic E-state index is 12.9. The number of rotatable bonds is 7. The van der Waals surface area contributed by atoms with E-state index >= 15 is 0 Å². The lowest BCUT2D eigenvalue weighted by Crippen LogP contribution is -2.29. The highest BCUT2D eigenvalue weighted by molar-refractivity contribution is 6.33. The van der Waals surface area contributed by atoms with E-state index in [1.165, 1.54) is 16.7 Å². The van der Waals surface area contributed by atoms with Crippen LogP contribution in [0.25, 0.3) is 0 Å². The second-order valence-corrected chi connectivity index (χ2v) is 9.14. The summed E-state index contributed by atoms with van der Waals surface area (Å²) in [5, 5.41) is 6.76. The highest BCUT2D eigenvalue weighted by atomic mass is 35.5. The first kappa shape index (κ1) is 25.8. The zero-order valence-electron chi connectivity index (χ0n) is 20.8. The molecule has 0 radical (unpaired) electrons. The Balaban J connectivity index is 1.56. The van der Waals surface area contributed by atoms with Gasteiger partial charge in [0.15, 0.2) is 5.82 Å². The van der Waals surface area contributed by atoms with Crippen molar-refractivity contribution < 1.29 is 4.79 Å². The molecule has 0 spiro atoms. The Bertz CT molecular complexity index is 1380. The van der Waals surface area contributed by atoms with Gasteiger partial charge in [-0.2, -0.15) is 4.98 Å². The molecule has 1 amide bonds. The van der Waals surface area contributed by atoms with Crippen molar-refractivity contribution in [2.45, 2.75) is 6.54 Å². The number of benzene rings is 2. The minimum atomic E-state index is -0.209. The number of carbonyl (C=O) groups is 1. The average molecular weight is 514 g/mol. The SMILES string of the molecule is C#CCN1CCN(C)c2cc(Nc3ncc(Cl)c(Nc4ccccc4C(=O)N(C)CC#C)n3)ccc2C1. The molecule has 37 heavy (non-hydrogen) atoms. The van der Waals surface area contributed by atoms with E-state index in [2.05, 4.69) is 61.4 Å². The van der Waals surface area contributed by atoms with Crippen LogP contribution >= 0.6 is 11.6 Å². The predicted molar refractivity (Wildman–Crippen MR) is 150 cm³/mol. The molecule has 1 aromatic heterocycles. The fourth-order valence-corrected chi connectivity index (χ4v) is 4.23. The van der Waals surface area contributed by atoms with Crippen LogP contribution in [0, 0.1) is 24.7 Å². The highest BCUT2D eigenvalue weighted by Gasteiger charge is 2.19. The molecule has 0 unspecified atom stereocenters. The first-order valence-corrected chi connectivity index (χ1v) is 12.1. The maximum Gasteiger partial charge on any atom is 0.256 e. The molecule has 9 heteroatoms. The Morgan fingerprint density at radius 1 is 1.16 bits per heavy atom. The fraction of sp³-hybridized carbons (Fsp3) is 0.250. The van der Waals surface area contributed by atoms with Gasteiger partial charge >= 0.3 is 0 Å². The number of halogens is 1. The number of anilines is 5. The molecular weight excluding hydrogens is 486 g/mol. The van der Waals surface area contributed by atoms with Crippen LogP contribution in [-0.4, -0.2) is 65.9 Å². The van der Waals surface area contributed by atoms with E-state index < -0.39 is 0 Å². The zero-order valence-corrected chi connectivity index (χ0v) is 21.6. The third-order valence-electron chi connectivity index (χ3n) is 6.04. The molecule has 2 heterocycles. The maximum atomic E-state index is 12.9. The van der Waals surface area contributed by atoms with E-state index in [-0.39, 0.29) is 12.5 Å². The van der Waals surface area contributed by atoms with E-state index in [4.69, 9.17) is 24.4 Å². The summed E-state index contributed by atoms with van der Waals surface area (Å²) < 4.78 is 0. The number of hydrogen-bond acceptors (Lipinski definition) is 7. The summed E-state index contributed by atoms with van der Waals surface area (Å²) in [5.41, 5.74) is 4.19. The molecular formula is C28H28ClN7O. The van der Waals surface area contributed by atoms with Crippen LogP contribution < -0.4 is 15.5 Å². The number of likely N-dealkylation sites (N-methyl/N-ethyl adjacent to an activating group) is 1. The van der Waals surface area contributed by atoms with Crippen LogP contribution in [0.15, 0.2) is 48.7 Å². The number of fused-ring (bicyclic) bond motifs is 1. The van der Waals surface area contributed by atoms with Gasteiger partial charge in [0.05, 0.1) is 30.5 Å². The Morgan fingerprint density at radius 2 is 1.97 bits per heavy atom. The largest absolute Gasteiger partial charge is 0.373 e.